The summed E-state index contributed by atoms with van der Waals surface area (Å²) in [4.78, 5) is 26.5. The van der Waals surface area contributed by atoms with Crippen molar-refractivity contribution < 1.29 is 23.8 Å². The zero-order valence-corrected chi connectivity index (χ0v) is 15.7. The van der Waals surface area contributed by atoms with Crippen molar-refractivity contribution in [2.24, 2.45) is 5.92 Å². The normalized spacial score (nSPS) is 17.7. The maximum atomic E-state index is 14.4. The molecule has 142 valence electrons. The van der Waals surface area contributed by atoms with E-state index < -0.39 is 29.4 Å². The fourth-order valence-corrected chi connectivity index (χ4v) is 3.02. The Morgan fingerprint density at radius 3 is 2.50 bits per heavy atom. The number of carbonyl (C=O) groups is 2. The fourth-order valence-electron chi connectivity index (χ4n) is 3.02. The highest BCUT2D eigenvalue weighted by atomic mass is 19.1. The molecule has 1 N–H and O–H groups in total. The average Bonchev–Trinajstić information content (AvgIpc) is 2.82. The van der Waals surface area contributed by atoms with Gasteiger partial charge in [-0.1, -0.05) is 32.0 Å². The topological polar surface area (TPSA) is 66.8 Å². The number of aliphatic hydroxyl groups excluding tert-OH is 1. The van der Waals surface area contributed by atoms with Gasteiger partial charge < -0.3 is 14.7 Å². The van der Waals surface area contributed by atoms with Crippen LogP contribution in [0, 0.1) is 11.7 Å². The first kappa shape index (κ1) is 20.1. The minimum atomic E-state index is -0.919. The third-order valence-corrected chi connectivity index (χ3v) is 4.29. The maximum Gasteiger partial charge on any atom is 0.290 e. The summed E-state index contributed by atoms with van der Waals surface area (Å²) in [5, 5.41) is 10.3. The molecule has 1 heterocycles. The van der Waals surface area contributed by atoms with Crippen molar-refractivity contribution in [2.45, 2.75) is 46.3 Å². The maximum absolute atomic E-state index is 14.4. The number of benzene rings is 1. The van der Waals surface area contributed by atoms with Gasteiger partial charge in [0.1, 0.15) is 5.82 Å². The van der Waals surface area contributed by atoms with Gasteiger partial charge in [0.25, 0.3) is 5.91 Å². The molecule has 1 unspecified atom stereocenters. The second-order valence-electron chi connectivity index (χ2n) is 6.98. The van der Waals surface area contributed by atoms with Gasteiger partial charge in [-0.25, -0.2) is 4.39 Å². The van der Waals surface area contributed by atoms with Gasteiger partial charge in [0, 0.05) is 24.6 Å². The Hall–Kier alpha value is -2.21. The largest absolute Gasteiger partial charge is 0.503 e. The molecule has 1 aromatic carbocycles. The van der Waals surface area contributed by atoms with E-state index >= 15 is 0 Å². The number of halogens is 1. The van der Waals surface area contributed by atoms with E-state index in [-0.39, 0.29) is 29.6 Å². The highest BCUT2D eigenvalue weighted by Crippen LogP contribution is 2.39. The van der Waals surface area contributed by atoms with Crippen LogP contribution in [0.5, 0.6) is 0 Å². The summed E-state index contributed by atoms with van der Waals surface area (Å²) in [6.07, 6.45) is 0.585. The number of ether oxygens (including phenoxy) is 1. The van der Waals surface area contributed by atoms with Gasteiger partial charge in [0.05, 0.1) is 17.7 Å². The summed E-state index contributed by atoms with van der Waals surface area (Å²) in [6.45, 7) is 7.88. The van der Waals surface area contributed by atoms with E-state index in [2.05, 4.69) is 0 Å². The summed E-state index contributed by atoms with van der Waals surface area (Å²) in [6, 6.07) is 5.10. The lowest BCUT2D eigenvalue weighted by atomic mass is 9.91. The molecule has 0 spiro atoms. The van der Waals surface area contributed by atoms with Gasteiger partial charge in [-0.3, -0.25) is 9.59 Å². The number of carbonyl (C=O) groups excluding carboxylic acids is 2. The Labute approximate surface area is 153 Å². The van der Waals surface area contributed by atoms with E-state index in [1.165, 1.54) is 17.0 Å². The predicted octanol–water partition coefficient (Wildman–Crippen LogP) is 3.56. The second kappa shape index (κ2) is 8.45. The first-order valence-electron chi connectivity index (χ1n) is 8.90. The molecule has 6 heteroatoms. The number of hydrogen-bond acceptors (Lipinski definition) is 4. The van der Waals surface area contributed by atoms with Gasteiger partial charge in [-0.2, -0.15) is 0 Å². The lowest BCUT2D eigenvalue weighted by Gasteiger charge is -2.27. The van der Waals surface area contributed by atoms with E-state index in [4.69, 9.17) is 4.74 Å². The molecule has 5 nitrogen and oxygen atoms in total. The number of hydrogen-bond donors (Lipinski definition) is 1. The van der Waals surface area contributed by atoms with Gasteiger partial charge in [0.2, 0.25) is 0 Å². The Kier molecular flexibility index (Phi) is 6.53. The Balaban J connectivity index is 2.37. The predicted molar refractivity (Wildman–Crippen MR) is 96.1 cm³/mol. The van der Waals surface area contributed by atoms with E-state index in [0.717, 1.165) is 0 Å². The number of amides is 1. The van der Waals surface area contributed by atoms with Crippen molar-refractivity contribution in [1.82, 2.24) is 4.90 Å². The second-order valence-corrected chi connectivity index (χ2v) is 6.98. The molecule has 0 radical (unpaired) electrons. The minimum absolute atomic E-state index is 0.0279. The average molecular weight is 363 g/mol. The van der Waals surface area contributed by atoms with Crippen LogP contribution in [-0.2, 0) is 14.3 Å². The fraction of sp³-hybridized carbons (Fsp3) is 0.500. The van der Waals surface area contributed by atoms with E-state index in [9.17, 15) is 19.1 Å². The lowest BCUT2D eigenvalue weighted by Crippen LogP contribution is -2.33. The van der Waals surface area contributed by atoms with Crippen LogP contribution in [-0.4, -0.2) is 41.0 Å². The number of ketones is 1. The van der Waals surface area contributed by atoms with Crippen molar-refractivity contribution in [1.29, 1.82) is 0 Å². The molecule has 0 saturated heterocycles. The molecule has 2 rings (SSSR count). The van der Waals surface area contributed by atoms with Crippen LogP contribution in [0.3, 0.4) is 0 Å². The highest BCUT2D eigenvalue weighted by molar-refractivity contribution is 6.09. The molecule has 1 aliphatic heterocycles. The summed E-state index contributed by atoms with van der Waals surface area (Å²) in [5.41, 5.74) is 0.179. The third-order valence-electron chi connectivity index (χ3n) is 4.29. The van der Waals surface area contributed by atoms with E-state index in [1.807, 2.05) is 13.8 Å². The SMILES string of the molecule is CC(C)OCCCN1C(=O)C(O)=C(C(=O)C(C)C)C1c1ccccc1F. The van der Waals surface area contributed by atoms with Gasteiger partial charge >= 0.3 is 0 Å². The number of rotatable bonds is 8. The van der Waals surface area contributed by atoms with Crippen molar-refractivity contribution in [3.05, 3.63) is 47.0 Å². The van der Waals surface area contributed by atoms with Crippen LogP contribution in [0.25, 0.3) is 0 Å². The molecule has 26 heavy (non-hydrogen) atoms. The number of aliphatic hydroxyl groups is 1. The van der Waals surface area contributed by atoms with Gasteiger partial charge in [-0.05, 0) is 26.3 Å². The Morgan fingerprint density at radius 2 is 1.92 bits per heavy atom. The Bertz CT molecular complexity index is 712. The van der Waals surface area contributed by atoms with Crippen LogP contribution >= 0.6 is 0 Å². The van der Waals surface area contributed by atoms with Crippen molar-refractivity contribution in [2.75, 3.05) is 13.2 Å². The van der Waals surface area contributed by atoms with Crippen molar-refractivity contribution in [3.63, 3.8) is 0 Å². The number of Topliss-reactive ketones (excluding diaryl/α,β-unsaturated/α-hetero) is 1. The summed E-state index contributed by atoms with van der Waals surface area (Å²) in [5.74, 6) is -2.52. The molecule has 0 aliphatic carbocycles. The first-order valence-corrected chi connectivity index (χ1v) is 8.90. The molecule has 1 amide bonds. The van der Waals surface area contributed by atoms with Crippen molar-refractivity contribution in [3.8, 4) is 0 Å². The monoisotopic (exact) mass is 363 g/mol. The van der Waals surface area contributed by atoms with E-state index in [0.29, 0.717) is 13.0 Å². The van der Waals surface area contributed by atoms with Gasteiger partial charge in [0.15, 0.2) is 11.5 Å². The molecule has 0 aromatic heterocycles. The molecular formula is C20H26FNO4. The quantitative estimate of drug-likeness (QED) is 0.717. The Morgan fingerprint density at radius 1 is 1.27 bits per heavy atom. The molecule has 1 atom stereocenters. The van der Waals surface area contributed by atoms with Crippen LogP contribution in [0.4, 0.5) is 4.39 Å². The summed E-state index contributed by atoms with van der Waals surface area (Å²) < 4.78 is 19.9. The first-order chi connectivity index (χ1) is 12.3. The van der Waals surface area contributed by atoms with Crippen molar-refractivity contribution >= 4 is 11.7 Å². The number of nitrogens with zero attached hydrogens (tertiary/aromatic N) is 1. The van der Waals surface area contributed by atoms with Crippen LogP contribution in [0.1, 0.15) is 45.7 Å². The van der Waals surface area contributed by atoms with Crippen LogP contribution < -0.4 is 0 Å². The summed E-state index contributed by atoms with van der Waals surface area (Å²) >= 11 is 0. The van der Waals surface area contributed by atoms with Gasteiger partial charge in [-0.15, -0.1) is 0 Å². The lowest BCUT2D eigenvalue weighted by molar-refractivity contribution is -0.129. The third kappa shape index (κ3) is 4.12. The molecule has 0 fully saturated rings. The molecular weight excluding hydrogens is 337 g/mol. The van der Waals surface area contributed by atoms with Crippen LogP contribution in [0.2, 0.25) is 0 Å². The minimum Gasteiger partial charge on any atom is -0.503 e. The molecule has 1 aromatic rings. The highest BCUT2D eigenvalue weighted by Gasteiger charge is 2.44. The van der Waals surface area contributed by atoms with Crippen LogP contribution in [0.15, 0.2) is 35.6 Å². The molecule has 1 aliphatic rings. The molecule has 0 bridgehead atoms. The summed E-state index contributed by atoms with van der Waals surface area (Å²) in [7, 11) is 0. The smallest absolute Gasteiger partial charge is 0.290 e. The standard InChI is InChI=1S/C20H26FNO4/c1-12(2)18(23)16-17(14-8-5-6-9-15(14)21)22(20(25)19(16)24)10-7-11-26-13(3)4/h5-6,8-9,12-13,17,24H,7,10-11H2,1-4H3. The zero-order chi connectivity index (χ0) is 19.4. The molecule has 0 saturated carbocycles. The zero-order valence-electron chi connectivity index (χ0n) is 15.7. The van der Waals surface area contributed by atoms with E-state index in [1.54, 1.807) is 26.0 Å².